The highest BCUT2D eigenvalue weighted by Gasteiger charge is 2.36. The van der Waals surface area contributed by atoms with Crippen molar-refractivity contribution in [3.63, 3.8) is 0 Å². The molecule has 5 nitrogen and oxygen atoms in total. The molecule has 1 N–H and O–H groups in total. The first-order valence-corrected chi connectivity index (χ1v) is 4.27. The molecule has 0 unspecified atom stereocenters. The molecule has 0 spiro atoms. The highest BCUT2D eigenvalue weighted by molar-refractivity contribution is 6.03. The van der Waals surface area contributed by atoms with Crippen molar-refractivity contribution in [3.05, 3.63) is 29.6 Å². The van der Waals surface area contributed by atoms with Gasteiger partial charge in [0.05, 0.1) is 11.1 Å². The summed E-state index contributed by atoms with van der Waals surface area (Å²) in [7, 11) is 0.859. The minimum absolute atomic E-state index is 0.159. The lowest BCUT2D eigenvalue weighted by molar-refractivity contribution is -0.138. The largest absolute Gasteiger partial charge is 0.465 e. The van der Waals surface area contributed by atoms with Crippen LogP contribution in [0, 0.1) is 0 Å². The first-order chi connectivity index (χ1) is 7.75. The van der Waals surface area contributed by atoms with Gasteiger partial charge in [-0.25, -0.2) is 9.69 Å². The van der Waals surface area contributed by atoms with Crippen LogP contribution in [0.2, 0.25) is 0 Å². The van der Waals surface area contributed by atoms with E-state index in [-0.39, 0.29) is 4.90 Å². The third-order valence-electron chi connectivity index (χ3n) is 1.95. The van der Waals surface area contributed by atoms with Gasteiger partial charge < -0.3 is 5.11 Å². The van der Waals surface area contributed by atoms with Gasteiger partial charge in [0.1, 0.15) is 0 Å². The smallest absolute Gasteiger partial charge is 0.417 e. The van der Waals surface area contributed by atoms with Crippen molar-refractivity contribution >= 4 is 12.0 Å². The Balaban J connectivity index is 3.24. The zero-order chi connectivity index (χ0) is 13.2. The van der Waals surface area contributed by atoms with Crippen LogP contribution in [-0.2, 0) is 6.18 Å². The van der Waals surface area contributed by atoms with E-state index in [4.69, 9.17) is 5.11 Å². The quantitative estimate of drug-likeness (QED) is 0.823. The minimum atomic E-state index is -4.74. The fourth-order valence-electron chi connectivity index (χ4n) is 1.08. The molecule has 0 aliphatic carbocycles. The van der Waals surface area contributed by atoms with E-state index >= 15 is 0 Å². The predicted molar refractivity (Wildman–Crippen MR) is 49.4 cm³/mol. The van der Waals surface area contributed by atoms with Crippen LogP contribution in [0.5, 0.6) is 0 Å². The molecule has 0 saturated carbocycles. The molecule has 0 bridgehead atoms. The Hall–Kier alpha value is -2.12. The summed E-state index contributed by atoms with van der Waals surface area (Å²) in [6.07, 6.45) is -4.83. The number of carboxylic acid groups (broad SMARTS) is 1. The van der Waals surface area contributed by atoms with Gasteiger partial charge in [-0.05, 0) is 6.07 Å². The van der Waals surface area contributed by atoms with E-state index in [1.54, 1.807) is 0 Å². The van der Waals surface area contributed by atoms with Gasteiger partial charge in [0.15, 0.2) is 0 Å². The first kappa shape index (κ1) is 12.9. The average molecular weight is 248 g/mol. The Morgan fingerprint density at radius 3 is 2.47 bits per heavy atom. The van der Waals surface area contributed by atoms with Crippen molar-refractivity contribution in [2.45, 2.75) is 6.18 Å². The first-order valence-electron chi connectivity index (χ1n) is 4.27. The Morgan fingerprint density at radius 2 is 2.00 bits per heavy atom. The molecule has 0 atom stereocenters. The van der Waals surface area contributed by atoms with E-state index in [0.29, 0.717) is 12.3 Å². The van der Waals surface area contributed by atoms with Crippen molar-refractivity contribution in [2.75, 3.05) is 7.05 Å². The Kier molecular flexibility index (Phi) is 3.35. The van der Waals surface area contributed by atoms with Gasteiger partial charge in [-0.2, -0.15) is 13.2 Å². The number of pyridine rings is 1. The molecule has 0 saturated heterocycles. The second kappa shape index (κ2) is 4.40. The van der Waals surface area contributed by atoms with Crippen LogP contribution in [-0.4, -0.2) is 34.0 Å². The van der Waals surface area contributed by atoms with Crippen LogP contribution in [0.1, 0.15) is 15.9 Å². The molecule has 0 aliphatic heterocycles. The van der Waals surface area contributed by atoms with E-state index in [1.165, 1.54) is 0 Å². The van der Waals surface area contributed by atoms with Crippen molar-refractivity contribution in [1.82, 2.24) is 9.88 Å². The molecule has 92 valence electrons. The fourth-order valence-corrected chi connectivity index (χ4v) is 1.08. The van der Waals surface area contributed by atoms with Gasteiger partial charge in [-0.1, -0.05) is 0 Å². The van der Waals surface area contributed by atoms with Gasteiger partial charge in [0.2, 0.25) is 0 Å². The molecule has 0 fully saturated rings. The standard InChI is InChI=1S/C9H7F3N2O3/c1-14(8(16)17)7(15)5-4-13-3-2-6(5)9(10,11)12/h2-4H,1H3,(H,16,17). The lowest BCUT2D eigenvalue weighted by Crippen LogP contribution is -2.33. The number of alkyl halides is 3. The molecule has 0 aromatic carbocycles. The maximum Gasteiger partial charge on any atom is 0.417 e. The predicted octanol–water partition coefficient (Wildman–Crippen LogP) is 1.85. The summed E-state index contributed by atoms with van der Waals surface area (Å²) in [5, 5.41) is 8.51. The van der Waals surface area contributed by atoms with Crippen molar-refractivity contribution < 1.29 is 27.9 Å². The van der Waals surface area contributed by atoms with Crippen LogP contribution in [0.25, 0.3) is 0 Å². The molecule has 0 aliphatic rings. The second-order valence-corrected chi connectivity index (χ2v) is 3.07. The molecular weight excluding hydrogens is 241 g/mol. The minimum Gasteiger partial charge on any atom is -0.465 e. The van der Waals surface area contributed by atoms with E-state index in [2.05, 4.69) is 4.98 Å². The maximum absolute atomic E-state index is 12.5. The van der Waals surface area contributed by atoms with Crippen LogP contribution in [0.4, 0.5) is 18.0 Å². The molecular formula is C9H7F3N2O3. The topological polar surface area (TPSA) is 70.5 Å². The third-order valence-corrected chi connectivity index (χ3v) is 1.95. The number of carbonyl (C=O) groups is 2. The number of aromatic nitrogens is 1. The zero-order valence-corrected chi connectivity index (χ0v) is 8.52. The molecule has 1 aromatic heterocycles. The van der Waals surface area contributed by atoms with Crippen molar-refractivity contribution in [3.8, 4) is 0 Å². The second-order valence-electron chi connectivity index (χ2n) is 3.07. The molecule has 1 aromatic rings. The summed E-state index contributed by atoms with van der Waals surface area (Å²) in [5.74, 6) is -1.28. The number of amides is 2. The molecule has 2 amide bonds. The van der Waals surface area contributed by atoms with Crippen LogP contribution >= 0.6 is 0 Å². The fraction of sp³-hybridized carbons (Fsp3) is 0.222. The summed E-state index contributed by atoms with van der Waals surface area (Å²) in [4.78, 5) is 25.5. The number of carbonyl (C=O) groups excluding carboxylic acids is 1. The number of hydrogen-bond acceptors (Lipinski definition) is 3. The number of nitrogens with zero attached hydrogens (tertiary/aromatic N) is 2. The monoisotopic (exact) mass is 248 g/mol. The Labute approximate surface area is 93.5 Å². The molecule has 1 heterocycles. The average Bonchev–Trinajstić information content (AvgIpc) is 2.25. The van der Waals surface area contributed by atoms with Crippen molar-refractivity contribution in [1.29, 1.82) is 0 Å². The summed E-state index contributed by atoms with van der Waals surface area (Å²) in [5.41, 5.74) is -2.02. The number of hydrogen-bond donors (Lipinski definition) is 1. The lowest BCUT2D eigenvalue weighted by atomic mass is 10.1. The molecule has 0 radical (unpaired) electrons. The van der Waals surface area contributed by atoms with E-state index in [0.717, 1.165) is 13.2 Å². The number of rotatable bonds is 1. The summed E-state index contributed by atoms with van der Waals surface area (Å²) in [6.45, 7) is 0. The number of halogens is 3. The van der Waals surface area contributed by atoms with E-state index in [9.17, 15) is 22.8 Å². The van der Waals surface area contributed by atoms with Gasteiger partial charge >= 0.3 is 12.3 Å². The van der Waals surface area contributed by atoms with Crippen molar-refractivity contribution in [2.24, 2.45) is 0 Å². The summed E-state index contributed by atoms with van der Waals surface area (Å²) >= 11 is 0. The SMILES string of the molecule is CN(C(=O)O)C(=O)c1cnccc1C(F)(F)F. The number of imide groups is 1. The highest BCUT2D eigenvalue weighted by Crippen LogP contribution is 2.31. The van der Waals surface area contributed by atoms with E-state index < -0.39 is 29.3 Å². The van der Waals surface area contributed by atoms with Crippen LogP contribution in [0.15, 0.2) is 18.5 Å². The zero-order valence-electron chi connectivity index (χ0n) is 8.52. The van der Waals surface area contributed by atoms with Crippen LogP contribution < -0.4 is 0 Å². The van der Waals surface area contributed by atoms with Gasteiger partial charge in [-0.3, -0.25) is 9.78 Å². The normalized spacial score (nSPS) is 11.1. The van der Waals surface area contributed by atoms with Gasteiger partial charge in [0.25, 0.3) is 5.91 Å². The highest BCUT2D eigenvalue weighted by atomic mass is 19.4. The van der Waals surface area contributed by atoms with Crippen LogP contribution in [0.3, 0.4) is 0 Å². The molecule has 8 heteroatoms. The van der Waals surface area contributed by atoms with Gasteiger partial charge in [0, 0.05) is 19.4 Å². The third kappa shape index (κ3) is 2.71. The summed E-state index contributed by atoms with van der Waals surface area (Å²) < 4.78 is 37.6. The summed E-state index contributed by atoms with van der Waals surface area (Å²) in [6, 6.07) is 0.614. The Bertz CT molecular complexity index is 459. The Morgan fingerprint density at radius 1 is 1.41 bits per heavy atom. The molecule has 1 rings (SSSR count). The molecule has 17 heavy (non-hydrogen) atoms. The van der Waals surface area contributed by atoms with Gasteiger partial charge in [-0.15, -0.1) is 0 Å². The van der Waals surface area contributed by atoms with E-state index in [1.807, 2.05) is 0 Å². The lowest BCUT2D eigenvalue weighted by Gasteiger charge is -2.15. The maximum atomic E-state index is 12.5.